The van der Waals surface area contributed by atoms with Crippen molar-refractivity contribution in [1.29, 1.82) is 0 Å². The van der Waals surface area contributed by atoms with Gasteiger partial charge in [0.15, 0.2) is 0 Å². The van der Waals surface area contributed by atoms with Crippen molar-refractivity contribution < 1.29 is 4.79 Å². The van der Waals surface area contributed by atoms with Crippen molar-refractivity contribution in [2.45, 2.75) is 33.6 Å². The van der Waals surface area contributed by atoms with Gasteiger partial charge in [0, 0.05) is 28.2 Å². The minimum Gasteiger partial charge on any atom is -0.326 e. The molecule has 0 bridgehead atoms. The number of carbonyl (C=O) groups excluding carboxylic acids is 1. The molecule has 25 heavy (non-hydrogen) atoms. The molecule has 0 fully saturated rings. The lowest BCUT2D eigenvalue weighted by Gasteiger charge is -2.04. The molecule has 0 aliphatic rings. The number of hydrogen-bond acceptors (Lipinski definition) is 4. The van der Waals surface area contributed by atoms with Crippen LogP contribution in [-0.2, 0) is 11.2 Å². The maximum absolute atomic E-state index is 12.6. The van der Waals surface area contributed by atoms with Crippen molar-refractivity contribution in [2.75, 3.05) is 5.32 Å². The van der Waals surface area contributed by atoms with Gasteiger partial charge in [0.25, 0.3) is 5.56 Å². The first-order valence-electron chi connectivity index (χ1n) is 8.05. The highest BCUT2D eigenvalue weighted by Gasteiger charge is 2.16. The molecule has 0 aliphatic carbocycles. The maximum Gasteiger partial charge on any atom is 0.276 e. The van der Waals surface area contributed by atoms with Gasteiger partial charge in [-0.2, -0.15) is 4.68 Å². The van der Waals surface area contributed by atoms with Gasteiger partial charge in [0.2, 0.25) is 11.0 Å². The van der Waals surface area contributed by atoms with Crippen molar-refractivity contribution in [2.24, 2.45) is 0 Å². The van der Waals surface area contributed by atoms with Crippen LogP contribution < -0.4 is 10.9 Å². The fraction of sp³-hybridized carbons (Fsp3) is 0.278. The quantitative estimate of drug-likeness (QED) is 0.737. The summed E-state index contributed by atoms with van der Waals surface area (Å²) >= 11 is 1.47. The first-order chi connectivity index (χ1) is 12.0. The molecule has 130 valence electrons. The van der Waals surface area contributed by atoms with Gasteiger partial charge in [-0.1, -0.05) is 29.5 Å². The Bertz CT molecular complexity index is 934. The molecule has 0 saturated heterocycles. The van der Waals surface area contributed by atoms with Crippen molar-refractivity contribution in [3.63, 3.8) is 0 Å². The molecule has 0 saturated carbocycles. The number of aryl methyl sites for hydroxylation is 3. The molecule has 6 nitrogen and oxygen atoms in total. The highest BCUT2D eigenvalue weighted by atomic mass is 32.1. The van der Waals surface area contributed by atoms with Crippen LogP contribution in [0.15, 0.2) is 35.1 Å². The number of amides is 1. The standard InChI is InChI=1S/C18H20N4O2S/c1-11-13(3)25-18(19-11)22-17(24)15(12(2)21-22)9-10-16(23)20-14-7-5-4-6-8-14/h4-8,21H,9-10H2,1-3H3,(H,20,23). The van der Waals surface area contributed by atoms with Gasteiger partial charge in [0.05, 0.1) is 5.69 Å². The third-order valence-electron chi connectivity index (χ3n) is 4.06. The highest BCUT2D eigenvalue weighted by Crippen LogP contribution is 2.19. The third-order valence-corrected chi connectivity index (χ3v) is 5.12. The summed E-state index contributed by atoms with van der Waals surface area (Å²) in [5.41, 5.74) is 2.92. The molecule has 0 aliphatic heterocycles. The molecule has 2 heterocycles. The van der Waals surface area contributed by atoms with E-state index in [0.717, 1.165) is 22.0 Å². The third kappa shape index (κ3) is 3.71. The molecule has 0 unspecified atom stereocenters. The van der Waals surface area contributed by atoms with Crippen LogP contribution in [0.25, 0.3) is 5.13 Å². The maximum atomic E-state index is 12.6. The zero-order valence-corrected chi connectivity index (χ0v) is 15.2. The smallest absolute Gasteiger partial charge is 0.276 e. The molecule has 1 aromatic carbocycles. The lowest BCUT2D eigenvalue weighted by molar-refractivity contribution is -0.116. The molecule has 2 aromatic heterocycles. The Hall–Kier alpha value is -2.67. The predicted octanol–water partition coefficient (Wildman–Crippen LogP) is 3.12. The Morgan fingerprint density at radius 3 is 2.60 bits per heavy atom. The molecule has 3 aromatic rings. The molecule has 1 amide bonds. The van der Waals surface area contributed by atoms with Crippen LogP contribution >= 0.6 is 11.3 Å². The molecule has 0 radical (unpaired) electrons. The Kier molecular flexibility index (Phi) is 4.85. The second-order valence-electron chi connectivity index (χ2n) is 5.91. The molecular weight excluding hydrogens is 336 g/mol. The van der Waals surface area contributed by atoms with Crippen molar-refractivity contribution in [3.8, 4) is 5.13 Å². The summed E-state index contributed by atoms with van der Waals surface area (Å²) < 4.78 is 1.46. The Morgan fingerprint density at radius 2 is 1.96 bits per heavy atom. The number of nitrogens with zero attached hydrogens (tertiary/aromatic N) is 2. The first-order valence-corrected chi connectivity index (χ1v) is 8.87. The monoisotopic (exact) mass is 356 g/mol. The van der Waals surface area contributed by atoms with E-state index in [4.69, 9.17) is 0 Å². The van der Waals surface area contributed by atoms with E-state index in [-0.39, 0.29) is 17.9 Å². The van der Waals surface area contributed by atoms with E-state index in [9.17, 15) is 9.59 Å². The number of H-pyrrole nitrogens is 1. The summed E-state index contributed by atoms with van der Waals surface area (Å²) in [7, 11) is 0. The number of hydrogen-bond donors (Lipinski definition) is 2. The van der Waals surface area contributed by atoms with E-state index in [2.05, 4.69) is 15.4 Å². The van der Waals surface area contributed by atoms with E-state index in [1.54, 1.807) is 0 Å². The van der Waals surface area contributed by atoms with E-state index >= 15 is 0 Å². The number of rotatable bonds is 5. The van der Waals surface area contributed by atoms with Crippen LogP contribution in [0.1, 0.15) is 28.2 Å². The van der Waals surface area contributed by atoms with Crippen LogP contribution in [0.3, 0.4) is 0 Å². The van der Waals surface area contributed by atoms with E-state index in [1.165, 1.54) is 16.0 Å². The fourth-order valence-corrected chi connectivity index (χ4v) is 3.42. The van der Waals surface area contributed by atoms with Gasteiger partial charge in [-0.25, -0.2) is 4.98 Å². The number of aromatic nitrogens is 3. The van der Waals surface area contributed by atoms with E-state index in [0.29, 0.717) is 17.1 Å². The molecule has 7 heteroatoms. The van der Waals surface area contributed by atoms with Gasteiger partial charge in [-0.15, -0.1) is 0 Å². The van der Waals surface area contributed by atoms with Crippen LogP contribution in [0.4, 0.5) is 5.69 Å². The van der Waals surface area contributed by atoms with E-state index < -0.39 is 0 Å². The van der Waals surface area contributed by atoms with Crippen LogP contribution in [0.5, 0.6) is 0 Å². The number of aromatic amines is 1. The van der Waals surface area contributed by atoms with Gasteiger partial charge in [-0.05, 0) is 39.3 Å². The van der Waals surface area contributed by atoms with Gasteiger partial charge in [-0.3, -0.25) is 14.7 Å². The summed E-state index contributed by atoms with van der Waals surface area (Å²) in [5, 5.41) is 6.52. The fourth-order valence-electron chi connectivity index (χ4n) is 2.55. The lowest BCUT2D eigenvalue weighted by Crippen LogP contribution is -2.19. The van der Waals surface area contributed by atoms with Crippen LogP contribution in [0, 0.1) is 20.8 Å². The largest absolute Gasteiger partial charge is 0.326 e. The normalized spacial score (nSPS) is 10.8. The van der Waals surface area contributed by atoms with E-state index in [1.807, 2.05) is 51.1 Å². The molecule has 0 atom stereocenters. The lowest BCUT2D eigenvalue weighted by atomic mass is 10.1. The molecule has 0 spiro atoms. The van der Waals surface area contributed by atoms with Crippen LogP contribution in [0.2, 0.25) is 0 Å². The summed E-state index contributed by atoms with van der Waals surface area (Å²) in [6.07, 6.45) is 0.634. The minimum atomic E-state index is -0.140. The molecule has 3 rings (SSSR count). The average molecular weight is 356 g/mol. The second kappa shape index (κ2) is 7.06. The van der Waals surface area contributed by atoms with Crippen molar-refractivity contribution in [3.05, 3.63) is 62.5 Å². The first kappa shape index (κ1) is 17.2. The topological polar surface area (TPSA) is 79.8 Å². The highest BCUT2D eigenvalue weighted by molar-refractivity contribution is 7.14. The van der Waals surface area contributed by atoms with Crippen molar-refractivity contribution in [1.82, 2.24) is 14.8 Å². The Balaban J connectivity index is 1.73. The summed E-state index contributed by atoms with van der Waals surface area (Å²) in [5.74, 6) is -0.112. The number of nitrogens with one attached hydrogen (secondary N) is 2. The van der Waals surface area contributed by atoms with Crippen molar-refractivity contribution >= 4 is 22.9 Å². The number of para-hydroxylation sites is 1. The number of anilines is 1. The minimum absolute atomic E-state index is 0.112. The van der Waals surface area contributed by atoms with Gasteiger partial charge < -0.3 is 5.32 Å². The Morgan fingerprint density at radius 1 is 1.24 bits per heavy atom. The number of benzene rings is 1. The molecular formula is C18H20N4O2S. The van der Waals surface area contributed by atoms with Crippen LogP contribution in [-0.4, -0.2) is 20.7 Å². The number of carbonyl (C=O) groups is 1. The molecule has 2 N–H and O–H groups in total. The zero-order chi connectivity index (χ0) is 18.0. The SMILES string of the molecule is Cc1nc(-n2[nH]c(C)c(CCC(=O)Nc3ccccc3)c2=O)sc1C. The summed E-state index contributed by atoms with van der Waals surface area (Å²) in [6, 6.07) is 9.29. The average Bonchev–Trinajstić information content (AvgIpc) is 3.06. The summed E-state index contributed by atoms with van der Waals surface area (Å²) in [6.45, 7) is 5.74. The second-order valence-corrected chi connectivity index (χ2v) is 7.09. The Labute approximate surface area is 149 Å². The zero-order valence-electron chi connectivity index (χ0n) is 14.4. The van der Waals surface area contributed by atoms with Gasteiger partial charge in [0.1, 0.15) is 0 Å². The summed E-state index contributed by atoms with van der Waals surface area (Å²) in [4.78, 5) is 30.2. The number of thiazole rings is 1. The van der Waals surface area contributed by atoms with Gasteiger partial charge >= 0.3 is 0 Å². The predicted molar refractivity (Wildman–Crippen MR) is 99.7 cm³/mol.